The zero-order valence-corrected chi connectivity index (χ0v) is 26.2. The van der Waals surface area contributed by atoms with Crippen LogP contribution in [0.2, 0.25) is 0 Å². The lowest BCUT2D eigenvalue weighted by molar-refractivity contribution is -0.326. The standard InChI is InChI=1S/C36H54O6/c1-30-11-7-20-8-14-34-18-27(41)35(16-15-30)26(40)6-5-22(30)36(20,35)24(34)17-21(38)29-31(2)12-10-25(39)33(4,28(42)19-37)23(31)9-13-32(29,34)3/h17,20,22-23,25-29,37,39-42H,5-16,18-19H2,1-4H3. The fourth-order valence-corrected chi connectivity index (χ4v) is 15.7. The third-order valence-electron chi connectivity index (χ3n) is 17.3. The molecule has 5 N–H and O–H groups in total. The maximum atomic E-state index is 15.0. The van der Waals surface area contributed by atoms with Gasteiger partial charge >= 0.3 is 0 Å². The predicted molar refractivity (Wildman–Crippen MR) is 158 cm³/mol. The fourth-order valence-electron chi connectivity index (χ4n) is 15.7. The normalized spacial score (nSPS) is 61.8. The van der Waals surface area contributed by atoms with E-state index in [4.69, 9.17) is 0 Å². The summed E-state index contributed by atoms with van der Waals surface area (Å²) in [5.74, 6) is 0.664. The molecule has 0 aromatic rings. The van der Waals surface area contributed by atoms with Gasteiger partial charge in [0.2, 0.25) is 0 Å². The average molecular weight is 583 g/mol. The average Bonchev–Trinajstić information content (AvgIpc) is 2.93. The minimum Gasteiger partial charge on any atom is -0.394 e. The van der Waals surface area contributed by atoms with Gasteiger partial charge in [-0.25, -0.2) is 0 Å². The molecule has 15 unspecified atom stereocenters. The molecule has 0 aromatic heterocycles. The van der Waals surface area contributed by atoms with Gasteiger partial charge in [0.05, 0.1) is 31.0 Å². The summed E-state index contributed by atoms with van der Waals surface area (Å²) in [6.45, 7) is 8.62. The van der Waals surface area contributed by atoms with Crippen molar-refractivity contribution in [3.8, 4) is 0 Å². The van der Waals surface area contributed by atoms with Crippen molar-refractivity contribution < 1.29 is 30.3 Å². The summed E-state index contributed by atoms with van der Waals surface area (Å²) in [5, 5.41) is 57.0. The van der Waals surface area contributed by atoms with Crippen molar-refractivity contribution in [1.29, 1.82) is 0 Å². The molecule has 0 amide bonds. The Morgan fingerprint density at radius 3 is 2.29 bits per heavy atom. The molecule has 15 atom stereocenters. The van der Waals surface area contributed by atoms with E-state index in [1.807, 2.05) is 6.92 Å². The molecule has 6 heteroatoms. The predicted octanol–water partition coefficient (Wildman–Crippen LogP) is 4.55. The molecule has 0 aromatic carbocycles. The lowest BCUT2D eigenvalue weighted by Gasteiger charge is -2.82. The highest BCUT2D eigenvalue weighted by atomic mass is 16.3. The Kier molecular flexibility index (Phi) is 5.68. The van der Waals surface area contributed by atoms with Crippen LogP contribution in [0.25, 0.3) is 0 Å². The molecule has 5 bridgehead atoms. The van der Waals surface area contributed by atoms with Crippen LogP contribution in [0, 0.1) is 61.6 Å². The van der Waals surface area contributed by atoms with Crippen molar-refractivity contribution in [3.05, 3.63) is 11.6 Å². The Labute approximate surface area is 251 Å². The monoisotopic (exact) mass is 582 g/mol. The minimum atomic E-state index is -1.04. The van der Waals surface area contributed by atoms with Crippen LogP contribution in [0.5, 0.6) is 0 Å². The lowest BCUT2D eigenvalue weighted by atomic mass is 9.21. The second-order valence-corrected chi connectivity index (χ2v) is 17.8. The lowest BCUT2D eigenvalue weighted by Crippen LogP contribution is -2.80. The zero-order chi connectivity index (χ0) is 29.9. The molecule has 8 aliphatic rings. The Hall–Kier alpha value is -0.790. The van der Waals surface area contributed by atoms with Crippen molar-refractivity contribution in [2.75, 3.05) is 6.61 Å². The highest BCUT2D eigenvalue weighted by Gasteiger charge is 2.83. The molecule has 8 rings (SSSR count). The number of aliphatic hydroxyl groups excluding tert-OH is 5. The van der Waals surface area contributed by atoms with Crippen LogP contribution in [0.1, 0.15) is 111 Å². The third-order valence-corrected chi connectivity index (χ3v) is 17.3. The van der Waals surface area contributed by atoms with Crippen molar-refractivity contribution >= 4 is 5.78 Å². The summed E-state index contributed by atoms with van der Waals surface area (Å²) in [5.41, 5.74) is -1.28. The van der Waals surface area contributed by atoms with Crippen LogP contribution in [0.15, 0.2) is 11.6 Å². The van der Waals surface area contributed by atoms with E-state index in [-0.39, 0.29) is 39.3 Å². The van der Waals surface area contributed by atoms with Gasteiger partial charge in [-0.1, -0.05) is 33.3 Å². The van der Waals surface area contributed by atoms with Crippen LogP contribution in [-0.4, -0.2) is 62.3 Å². The highest BCUT2D eigenvalue weighted by molar-refractivity contribution is 5.96. The minimum absolute atomic E-state index is 0.0903. The number of rotatable bonds is 2. The van der Waals surface area contributed by atoms with E-state index in [1.165, 1.54) is 12.0 Å². The Morgan fingerprint density at radius 2 is 1.55 bits per heavy atom. The van der Waals surface area contributed by atoms with E-state index < -0.39 is 47.3 Å². The molecular formula is C36H54O6. The van der Waals surface area contributed by atoms with Gasteiger partial charge in [0.1, 0.15) is 0 Å². The molecule has 234 valence electrons. The van der Waals surface area contributed by atoms with Crippen molar-refractivity contribution in [3.63, 3.8) is 0 Å². The van der Waals surface area contributed by atoms with Crippen LogP contribution < -0.4 is 0 Å². The molecule has 0 aliphatic heterocycles. The maximum Gasteiger partial charge on any atom is 0.159 e. The summed E-state index contributed by atoms with van der Waals surface area (Å²) < 4.78 is 0. The second-order valence-electron chi connectivity index (χ2n) is 17.8. The molecule has 0 radical (unpaired) electrons. The van der Waals surface area contributed by atoms with Crippen LogP contribution in [0.3, 0.4) is 0 Å². The van der Waals surface area contributed by atoms with Gasteiger partial charge in [0.15, 0.2) is 5.78 Å². The summed E-state index contributed by atoms with van der Waals surface area (Å²) in [6.07, 6.45) is 10.8. The van der Waals surface area contributed by atoms with E-state index in [9.17, 15) is 30.3 Å². The summed E-state index contributed by atoms with van der Waals surface area (Å²) in [4.78, 5) is 15.0. The first-order valence-electron chi connectivity index (χ1n) is 17.3. The van der Waals surface area contributed by atoms with Gasteiger partial charge < -0.3 is 25.5 Å². The SMILES string of the molecule is CC12CCC3CCC45CC(O)C6(CC1)C(O)CCC2C36C4=CC(=O)C1C2(C)CCC(O)C(C)(C(O)CO)C2CCC15C. The number of allylic oxidation sites excluding steroid dienone is 2. The van der Waals surface area contributed by atoms with Gasteiger partial charge in [0, 0.05) is 27.6 Å². The van der Waals surface area contributed by atoms with E-state index in [0.29, 0.717) is 24.7 Å². The van der Waals surface area contributed by atoms with E-state index in [2.05, 4.69) is 26.8 Å². The number of fused-ring (bicyclic) bond motifs is 3. The summed E-state index contributed by atoms with van der Waals surface area (Å²) in [7, 11) is 0. The smallest absolute Gasteiger partial charge is 0.159 e. The zero-order valence-electron chi connectivity index (χ0n) is 26.2. The number of hydrogen-bond acceptors (Lipinski definition) is 6. The second kappa shape index (κ2) is 8.32. The molecule has 0 heterocycles. The first-order valence-corrected chi connectivity index (χ1v) is 17.3. The Morgan fingerprint density at radius 1 is 0.810 bits per heavy atom. The molecule has 8 aliphatic carbocycles. The third kappa shape index (κ3) is 2.68. The number of hydrogen-bond donors (Lipinski definition) is 5. The maximum absolute atomic E-state index is 15.0. The molecule has 0 saturated heterocycles. The van der Waals surface area contributed by atoms with Gasteiger partial charge in [0.25, 0.3) is 0 Å². The topological polar surface area (TPSA) is 118 Å². The van der Waals surface area contributed by atoms with Crippen LogP contribution >= 0.6 is 0 Å². The quantitative estimate of drug-likeness (QED) is 0.326. The van der Waals surface area contributed by atoms with E-state index in [1.54, 1.807) is 0 Å². The molecule has 1 spiro atoms. The molecule has 7 fully saturated rings. The Bertz CT molecular complexity index is 1240. The number of aliphatic hydroxyl groups is 5. The summed E-state index contributed by atoms with van der Waals surface area (Å²) in [6, 6.07) is 0. The molecular weight excluding hydrogens is 528 g/mol. The van der Waals surface area contributed by atoms with Crippen molar-refractivity contribution in [2.24, 2.45) is 61.6 Å². The molecule has 6 nitrogen and oxygen atoms in total. The summed E-state index contributed by atoms with van der Waals surface area (Å²) >= 11 is 0. The van der Waals surface area contributed by atoms with Crippen molar-refractivity contribution in [2.45, 2.75) is 136 Å². The van der Waals surface area contributed by atoms with E-state index in [0.717, 1.165) is 64.2 Å². The van der Waals surface area contributed by atoms with Gasteiger partial charge in [-0.15, -0.1) is 0 Å². The van der Waals surface area contributed by atoms with Crippen LogP contribution in [0.4, 0.5) is 0 Å². The Balaban J connectivity index is 1.35. The van der Waals surface area contributed by atoms with Crippen molar-refractivity contribution in [1.82, 2.24) is 0 Å². The number of carbonyl (C=O) groups is 1. The van der Waals surface area contributed by atoms with Gasteiger partial charge in [-0.3, -0.25) is 4.79 Å². The fraction of sp³-hybridized carbons (Fsp3) is 0.917. The first-order chi connectivity index (χ1) is 19.7. The van der Waals surface area contributed by atoms with Gasteiger partial charge in [-0.2, -0.15) is 0 Å². The van der Waals surface area contributed by atoms with E-state index >= 15 is 0 Å². The molecule has 7 saturated carbocycles. The molecule has 42 heavy (non-hydrogen) atoms. The van der Waals surface area contributed by atoms with Crippen LogP contribution in [-0.2, 0) is 4.79 Å². The van der Waals surface area contributed by atoms with Gasteiger partial charge in [-0.05, 0) is 124 Å². The first kappa shape index (κ1) is 28.7. The number of carbonyl (C=O) groups excluding carboxylic acids is 1. The highest BCUT2D eigenvalue weighted by Crippen LogP contribution is 2.87. The largest absolute Gasteiger partial charge is 0.394 e. The number of ketones is 1.